The molecule has 0 saturated heterocycles. The molecule has 2 aromatic heterocycles. The van der Waals surface area contributed by atoms with Crippen molar-refractivity contribution in [2.45, 2.75) is 24.3 Å². The zero-order valence-electron chi connectivity index (χ0n) is 11.9. The lowest BCUT2D eigenvalue weighted by Gasteiger charge is -2.11. The Morgan fingerprint density at radius 2 is 1.86 bits per heavy atom. The first-order chi connectivity index (χ1) is 10.1. The van der Waals surface area contributed by atoms with E-state index in [2.05, 4.69) is 29.0 Å². The van der Waals surface area contributed by atoms with E-state index in [9.17, 15) is 4.79 Å². The van der Waals surface area contributed by atoms with Crippen LogP contribution in [0.4, 0.5) is 0 Å². The fourth-order valence-corrected chi connectivity index (χ4v) is 3.04. The second kappa shape index (κ2) is 5.69. The van der Waals surface area contributed by atoms with E-state index in [1.165, 1.54) is 21.7 Å². The van der Waals surface area contributed by atoms with Crippen molar-refractivity contribution >= 4 is 17.4 Å². The molecule has 2 heterocycles. The molecule has 0 aliphatic rings. The summed E-state index contributed by atoms with van der Waals surface area (Å²) in [5.74, 6) is 0. The van der Waals surface area contributed by atoms with E-state index in [0.29, 0.717) is 10.8 Å². The highest BCUT2D eigenvalue weighted by atomic mass is 32.2. The van der Waals surface area contributed by atoms with Crippen LogP contribution in [-0.2, 0) is 0 Å². The Hall–Kier alpha value is -2.14. The summed E-state index contributed by atoms with van der Waals surface area (Å²) in [6, 6.07) is 13.9. The van der Waals surface area contributed by atoms with Crippen molar-refractivity contribution in [1.82, 2.24) is 14.4 Å². The first kappa shape index (κ1) is 13.8. The van der Waals surface area contributed by atoms with Crippen LogP contribution in [0.2, 0.25) is 0 Å². The van der Waals surface area contributed by atoms with E-state index >= 15 is 0 Å². The predicted molar refractivity (Wildman–Crippen MR) is 84.7 cm³/mol. The Morgan fingerprint density at radius 3 is 2.62 bits per heavy atom. The Bertz CT molecular complexity index is 830. The van der Waals surface area contributed by atoms with Gasteiger partial charge in [0.1, 0.15) is 5.65 Å². The Kier molecular flexibility index (Phi) is 3.75. The van der Waals surface area contributed by atoms with Gasteiger partial charge in [0.15, 0.2) is 5.16 Å². The SMILES string of the molecule is Cc1cccn2c(=O)nc(S[C@@H](C)c3ccccc3)nc12. The number of aromatic nitrogens is 3. The number of aryl methyl sites for hydroxylation is 1. The molecule has 0 spiro atoms. The van der Waals surface area contributed by atoms with Crippen LogP contribution in [-0.4, -0.2) is 14.4 Å². The van der Waals surface area contributed by atoms with Gasteiger partial charge in [-0.15, -0.1) is 0 Å². The van der Waals surface area contributed by atoms with Gasteiger partial charge in [0, 0.05) is 11.4 Å². The maximum Gasteiger partial charge on any atom is 0.355 e. The average Bonchev–Trinajstić information content (AvgIpc) is 2.49. The number of hydrogen-bond donors (Lipinski definition) is 0. The fraction of sp³-hybridized carbons (Fsp3) is 0.188. The molecule has 106 valence electrons. The molecule has 5 heteroatoms. The van der Waals surface area contributed by atoms with Crippen molar-refractivity contribution in [3.63, 3.8) is 0 Å². The number of rotatable bonds is 3. The first-order valence-corrected chi connectivity index (χ1v) is 7.61. The third-order valence-corrected chi connectivity index (χ3v) is 4.33. The summed E-state index contributed by atoms with van der Waals surface area (Å²) < 4.78 is 1.48. The number of thioether (sulfide) groups is 1. The molecule has 0 amide bonds. The van der Waals surface area contributed by atoms with Crippen molar-refractivity contribution in [1.29, 1.82) is 0 Å². The summed E-state index contributed by atoms with van der Waals surface area (Å²) in [6.07, 6.45) is 1.69. The van der Waals surface area contributed by atoms with Gasteiger partial charge in [-0.3, -0.25) is 4.40 Å². The van der Waals surface area contributed by atoms with E-state index < -0.39 is 0 Å². The van der Waals surface area contributed by atoms with Gasteiger partial charge in [-0.1, -0.05) is 48.2 Å². The van der Waals surface area contributed by atoms with E-state index in [0.717, 1.165) is 5.56 Å². The van der Waals surface area contributed by atoms with Crippen LogP contribution >= 0.6 is 11.8 Å². The van der Waals surface area contributed by atoms with Crippen LogP contribution in [0.5, 0.6) is 0 Å². The molecular formula is C16H15N3OS. The molecule has 0 aliphatic heterocycles. The van der Waals surface area contributed by atoms with Crippen LogP contribution < -0.4 is 5.69 Å². The minimum Gasteiger partial charge on any atom is -0.251 e. The minimum absolute atomic E-state index is 0.192. The molecule has 0 N–H and O–H groups in total. The van der Waals surface area contributed by atoms with Crippen molar-refractivity contribution < 1.29 is 0 Å². The zero-order valence-corrected chi connectivity index (χ0v) is 12.7. The topological polar surface area (TPSA) is 47.3 Å². The Labute approximate surface area is 126 Å². The number of nitrogens with zero attached hydrogens (tertiary/aromatic N) is 3. The van der Waals surface area contributed by atoms with Crippen molar-refractivity contribution in [2.24, 2.45) is 0 Å². The molecule has 0 radical (unpaired) electrons. The van der Waals surface area contributed by atoms with E-state index in [-0.39, 0.29) is 10.9 Å². The molecule has 0 saturated carbocycles. The predicted octanol–water partition coefficient (Wildman–Crippen LogP) is 3.25. The van der Waals surface area contributed by atoms with Gasteiger partial charge in [-0.2, -0.15) is 4.98 Å². The quantitative estimate of drug-likeness (QED) is 0.696. The van der Waals surface area contributed by atoms with Crippen molar-refractivity contribution in [3.8, 4) is 0 Å². The minimum atomic E-state index is -0.286. The summed E-state index contributed by atoms with van der Waals surface area (Å²) in [6.45, 7) is 4.03. The molecule has 3 rings (SSSR count). The smallest absolute Gasteiger partial charge is 0.251 e. The molecule has 0 fully saturated rings. The van der Waals surface area contributed by atoms with Crippen LogP contribution in [0, 0.1) is 6.92 Å². The van der Waals surface area contributed by atoms with Gasteiger partial charge in [0.05, 0.1) is 0 Å². The highest BCUT2D eigenvalue weighted by molar-refractivity contribution is 7.99. The van der Waals surface area contributed by atoms with Gasteiger partial charge in [0.2, 0.25) is 0 Å². The highest BCUT2D eigenvalue weighted by Gasteiger charge is 2.12. The van der Waals surface area contributed by atoms with Crippen molar-refractivity contribution in [2.75, 3.05) is 0 Å². The molecule has 1 aromatic carbocycles. The van der Waals surface area contributed by atoms with Gasteiger partial charge in [-0.05, 0) is 31.0 Å². The summed E-state index contributed by atoms with van der Waals surface area (Å²) >= 11 is 1.50. The molecule has 4 nitrogen and oxygen atoms in total. The summed E-state index contributed by atoms with van der Waals surface area (Å²) in [5.41, 5.74) is 2.54. The summed E-state index contributed by atoms with van der Waals surface area (Å²) in [5, 5.41) is 0.711. The highest BCUT2D eigenvalue weighted by Crippen LogP contribution is 2.32. The number of fused-ring (bicyclic) bond motifs is 1. The average molecular weight is 297 g/mol. The second-order valence-electron chi connectivity index (χ2n) is 4.84. The third-order valence-electron chi connectivity index (χ3n) is 3.31. The maximum atomic E-state index is 12.1. The first-order valence-electron chi connectivity index (χ1n) is 6.73. The lowest BCUT2D eigenvalue weighted by atomic mass is 10.2. The van der Waals surface area contributed by atoms with Crippen molar-refractivity contribution in [3.05, 3.63) is 70.3 Å². The fourth-order valence-electron chi connectivity index (χ4n) is 2.16. The molecule has 3 aromatic rings. The lowest BCUT2D eigenvalue weighted by molar-refractivity contribution is 0.838. The Balaban J connectivity index is 1.98. The number of pyridine rings is 1. The monoisotopic (exact) mass is 297 g/mol. The molecule has 0 unspecified atom stereocenters. The maximum absolute atomic E-state index is 12.1. The molecule has 21 heavy (non-hydrogen) atoms. The molecule has 0 bridgehead atoms. The number of benzene rings is 1. The summed E-state index contributed by atoms with van der Waals surface area (Å²) in [7, 11) is 0. The van der Waals surface area contributed by atoms with E-state index in [1.807, 2.05) is 37.3 Å². The molecule has 0 aliphatic carbocycles. The van der Waals surface area contributed by atoms with E-state index in [1.54, 1.807) is 6.20 Å². The van der Waals surface area contributed by atoms with Crippen LogP contribution in [0.25, 0.3) is 5.65 Å². The Morgan fingerprint density at radius 1 is 1.10 bits per heavy atom. The standard InChI is InChI=1S/C16H15N3OS/c1-11-7-6-10-19-14(11)17-15(18-16(19)20)21-12(2)13-8-4-3-5-9-13/h3-10,12H,1-2H3/t12-/m0/s1. The summed E-state index contributed by atoms with van der Waals surface area (Å²) in [4.78, 5) is 20.7. The second-order valence-corrected chi connectivity index (χ2v) is 6.15. The van der Waals surface area contributed by atoms with Gasteiger partial charge >= 0.3 is 5.69 Å². The van der Waals surface area contributed by atoms with Gasteiger partial charge < -0.3 is 0 Å². The van der Waals surface area contributed by atoms with Crippen LogP contribution in [0.15, 0.2) is 58.6 Å². The van der Waals surface area contributed by atoms with E-state index in [4.69, 9.17) is 0 Å². The molecule has 1 atom stereocenters. The van der Waals surface area contributed by atoms with Gasteiger partial charge in [-0.25, -0.2) is 9.78 Å². The third kappa shape index (κ3) is 2.83. The van der Waals surface area contributed by atoms with Crippen LogP contribution in [0.3, 0.4) is 0 Å². The van der Waals surface area contributed by atoms with Gasteiger partial charge in [0.25, 0.3) is 0 Å². The lowest BCUT2D eigenvalue weighted by Crippen LogP contribution is -2.19. The van der Waals surface area contributed by atoms with Crippen LogP contribution in [0.1, 0.15) is 23.3 Å². The molecular weight excluding hydrogens is 282 g/mol. The zero-order chi connectivity index (χ0) is 14.8. The normalized spacial score (nSPS) is 12.5. The largest absolute Gasteiger partial charge is 0.355 e. The number of hydrogen-bond acceptors (Lipinski definition) is 4.